The highest BCUT2D eigenvalue weighted by Crippen LogP contribution is 2.45. The van der Waals surface area contributed by atoms with Crippen LogP contribution >= 0.6 is 15.9 Å². The third-order valence-electron chi connectivity index (χ3n) is 3.47. The molecular weight excluding hydrogens is 316 g/mol. The number of nitrogens with two attached hydrogens (primary N) is 1. The monoisotopic (exact) mass is 332 g/mol. The Hall–Kier alpha value is -0.430. The lowest BCUT2D eigenvalue weighted by atomic mass is 10.1. The topological polar surface area (TPSA) is 63.4 Å². The summed E-state index contributed by atoms with van der Waals surface area (Å²) in [6.07, 6.45) is 2.03. The van der Waals surface area contributed by atoms with Crippen LogP contribution in [-0.2, 0) is 10.0 Å². The first-order valence-electron chi connectivity index (χ1n) is 5.82. The number of hydrogen-bond donors (Lipinski definition) is 1. The molecule has 1 aromatic rings. The van der Waals surface area contributed by atoms with Gasteiger partial charge in [0.2, 0.25) is 10.0 Å². The molecule has 0 saturated heterocycles. The third-order valence-corrected chi connectivity index (χ3v) is 6.29. The van der Waals surface area contributed by atoms with E-state index >= 15 is 0 Å². The summed E-state index contributed by atoms with van der Waals surface area (Å²) in [5.74, 6) is 0. The van der Waals surface area contributed by atoms with Gasteiger partial charge < -0.3 is 5.73 Å². The molecule has 0 atom stereocenters. The van der Waals surface area contributed by atoms with Crippen molar-refractivity contribution in [1.82, 2.24) is 4.31 Å². The second-order valence-electron chi connectivity index (χ2n) is 4.90. The van der Waals surface area contributed by atoms with Gasteiger partial charge in [-0.3, -0.25) is 0 Å². The minimum atomic E-state index is -3.44. The molecule has 6 heteroatoms. The van der Waals surface area contributed by atoms with Crippen LogP contribution < -0.4 is 5.73 Å². The Morgan fingerprint density at radius 2 is 2.00 bits per heavy atom. The molecule has 2 N–H and O–H groups in total. The van der Waals surface area contributed by atoms with Crippen molar-refractivity contribution in [3.63, 3.8) is 0 Å². The summed E-state index contributed by atoms with van der Waals surface area (Å²) >= 11 is 3.28. The van der Waals surface area contributed by atoms with E-state index in [1.165, 1.54) is 4.31 Å². The van der Waals surface area contributed by atoms with Crippen molar-refractivity contribution in [3.05, 3.63) is 28.7 Å². The van der Waals surface area contributed by atoms with Crippen LogP contribution in [0.5, 0.6) is 0 Å². The van der Waals surface area contributed by atoms with E-state index in [2.05, 4.69) is 15.9 Å². The van der Waals surface area contributed by atoms with Crippen molar-refractivity contribution >= 4 is 26.0 Å². The SMILES string of the molecule is CN(CC1(CN)CC1)S(=O)(=O)c1ccccc1Br. The van der Waals surface area contributed by atoms with Gasteiger partial charge in [-0.1, -0.05) is 12.1 Å². The minimum Gasteiger partial charge on any atom is -0.330 e. The summed E-state index contributed by atoms with van der Waals surface area (Å²) in [7, 11) is -1.83. The largest absolute Gasteiger partial charge is 0.330 e. The van der Waals surface area contributed by atoms with Crippen LogP contribution in [0.3, 0.4) is 0 Å². The normalized spacial score (nSPS) is 18.0. The molecule has 4 nitrogen and oxygen atoms in total. The lowest BCUT2D eigenvalue weighted by Gasteiger charge is -2.22. The molecule has 2 rings (SSSR count). The smallest absolute Gasteiger partial charge is 0.243 e. The number of hydrogen-bond acceptors (Lipinski definition) is 3. The van der Waals surface area contributed by atoms with E-state index in [9.17, 15) is 8.42 Å². The zero-order valence-corrected chi connectivity index (χ0v) is 12.7. The van der Waals surface area contributed by atoms with E-state index in [0.717, 1.165) is 12.8 Å². The summed E-state index contributed by atoms with van der Waals surface area (Å²) in [6, 6.07) is 6.86. The first-order chi connectivity index (χ1) is 8.41. The maximum atomic E-state index is 12.4. The first-order valence-corrected chi connectivity index (χ1v) is 8.06. The number of nitrogens with zero attached hydrogens (tertiary/aromatic N) is 1. The average molecular weight is 333 g/mol. The lowest BCUT2D eigenvalue weighted by Crippen LogP contribution is -2.35. The Balaban J connectivity index is 2.24. The molecular formula is C12H17BrN2O2S. The third kappa shape index (κ3) is 2.61. The average Bonchev–Trinajstić information content (AvgIpc) is 3.10. The van der Waals surface area contributed by atoms with Crippen LogP contribution in [0, 0.1) is 5.41 Å². The van der Waals surface area contributed by atoms with Gasteiger partial charge in [0.25, 0.3) is 0 Å². The minimum absolute atomic E-state index is 0.00305. The predicted molar refractivity (Wildman–Crippen MR) is 74.7 cm³/mol. The standard InChI is InChI=1S/C12H17BrN2O2S/c1-15(9-12(8-14)6-7-12)18(16,17)11-5-3-2-4-10(11)13/h2-5H,6-9,14H2,1H3. The molecule has 100 valence electrons. The molecule has 18 heavy (non-hydrogen) atoms. The Morgan fingerprint density at radius 3 is 2.50 bits per heavy atom. The predicted octanol–water partition coefficient (Wildman–Crippen LogP) is 1.81. The van der Waals surface area contributed by atoms with Gasteiger partial charge >= 0.3 is 0 Å². The number of sulfonamides is 1. The lowest BCUT2D eigenvalue weighted by molar-refractivity contribution is 0.371. The summed E-state index contributed by atoms with van der Waals surface area (Å²) in [6.45, 7) is 1.04. The molecule has 0 aliphatic heterocycles. The van der Waals surface area contributed by atoms with Gasteiger partial charge in [0, 0.05) is 18.1 Å². The summed E-state index contributed by atoms with van der Waals surface area (Å²) in [4.78, 5) is 0.306. The molecule has 1 aromatic carbocycles. The van der Waals surface area contributed by atoms with Gasteiger partial charge in [0.15, 0.2) is 0 Å². The molecule has 0 bridgehead atoms. The van der Waals surface area contributed by atoms with Crippen LogP contribution in [0.2, 0.25) is 0 Å². The molecule has 0 amide bonds. The van der Waals surface area contributed by atoms with Crippen LogP contribution in [0.15, 0.2) is 33.6 Å². The van der Waals surface area contributed by atoms with E-state index in [1.54, 1.807) is 31.3 Å². The molecule has 1 aliphatic carbocycles. The van der Waals surface area contributed by atoms with Crippen LogP contribution in [-0.4, -0.2) is 32.9 Å². The molecule has 0 radical (unpaired) electrons. The van der Waals surface area contributed by atoms with Crippen molar-refractivity contribution < 1.29 is 8.42 Å². The van der Waals surface area contributed by atoms with Crippen LogP contribution in [0.4, 0.5) is 0 Å². The van der Waals surface area contributed by atoms with Gasteiger partial charge in [0.1, 0.15) is 0 Å². The summed E-state index contributed by atoms with van der Waals surface area (Å²) in [5.41, 5.74) is 5.70. The fraction of sp³-hybridized carbons (Fsp3) is 0.500. The van der Waals surface area contributed by atoms with E-state index in [4.69, 9.17) is 5.73 Å². The second-order valence-corrected chi connectivity index (χ2v) is 7.76. The Bertz CT molecular complexity index is 541. The van der Waals surface area contributed by atoms with Crippen molar-refractivity contribution in [2.24, 2.45) is 11.1 Å². The fourth-order valence-corrected chi connectivity index (χ4v) is 4.23. The van der Waals surface area contributed by atoms with Crippen molar-refractivity contribution in [1.29, 1.82) is 0 Å². The Labute approximate surface area is 116 Å². The van der Waals surface area contributed by atoms with Gasteiger partial charge in [-0.2, -0.15) is 0 Å². The van der Waals surface area contributed by atoms with Gasteiger partial charge in [-0.15, -0.1) is 0 Å². The van der Waals surface area contributed by atoms with Gasteiger partial charge in [0.05, 0.1) is 4.90 Å². The van der Waals surface area contributed by atoms with Crippen molar-refractivity contribution in [2.45, 2.75) is 17.7 Å². The highest BCUT2D eigenvalue weighted by atomic mass is 79.9. The first kappa shape index (κ1) is 14.0. The Morgan fingerprint density at radius 1 is 1.39 bits per heavy atom. The number of benzene rings is 1. The highest BCUT2D eigenvalue weighted by molar-refractivity contribution is 9.10. The van der Waals surface area contributed by atoms with Gasteiger partial charge in [-0.05, 0) is 52.9 Å². The molecule has 0 spiro atoms. The van der Waals surface area contributed by atoms with Crippen LogP contribution in [0.25, 0.3) is 0 Å². The maximum absolute atomic E-state index is 12.4. The van der Waals surface area contributed by atoms with E-state index in [1.807, 2.05) is 0 Å². The molecule has 0 heterocycles. The molecule has 0 aromatic heterocycles. The zero-order chi connectivity index (χ0) is 13.4. The van der Waals surface area contributed by atoms with E-state index < -0.39 is 10.0 Å². The van der Waals surface area contributed by atoms with Gasteiger partial charge in [-0.25, -0.2) is 12.7 Å². The number of halogens is 1. The van der Waals surface area contributed by atoms with Crippen molar-refractivity contribution in [2.75, 3.05) is 20.1 Å². The molecule has 1 fully saturated rings. The Kier molecular flexibility index (Phi) is 3.82. The summed E-state index contributed by atoms with van der Waals surface area (Å²) < 4.78 is 26.9. The fourth-order valence-electron chi connectivity index (χ4n) is 1.98. The summed E-state index contributed by atoms with van der Waals surface area (Å²) in [5, 5.41) is 0. The molecule has 1 aliphatic rings. The number of rotatable bonds is 5. The second kappa shape index (κ2) is 4.92. The van der Waals surface area contributed by atoms with E-state index in [-0.39, 0.29) is 5.41 Å². The van der Waals surface area contributed by atoms with E-state index in [0.29, 0.717) is 22.5 Å². The quantitative estimate of drug-likeness (QED) is 0.894. The molecule has 0 unspecified atom stereocenters. The highest BCUT2D eigenvalue weighted by Gasteiger charge is 2.44. The van der Waals surface area contributed by atoms with Crippen LogP contribution in [0.1, 0.15) is 12.8 Å². The zero-order valence-electron chi connectivity index (χ0n) is 10.3. The maximum Gasteiger partial charge on any atom is 0.243 e. The van der Waals surface area contributed by atoms with Crippen molar-refractivity contribution in [3.8, 4) is 0 Å². The molecule has 1 saturated carbocycles.